The summed E-state index contributed by atoms with van der Waals surface area (Å²) in [6.45, 7) is 8.15. The summed E-state index contributed by atoms with van der Waals surface area (Å²) < 4.78 is 11.1. The van der Waals surface area contributed by atoms with Gasteiger partial charge in [-0.3, -0.25) is 4.79 Å². The number of rotatable bonds is 5. The van der Waals surface area contributed by atoms with Crippen LogP contribution in [0, 0.1) is 0 Å². The van der Waals surface area contributed by atoms with Crippen molar-refractivity contribution >= 4 is 18.3 Å². The first-order valence-corrected chi connectivity index (χ1v) is 7.16. The van der Waals surface area contributed by atoms with Gasteiger partial charge < -0.3 is 19.7 Å². The van der Waals surface area contributed by atoms with Crippen molar-refractivity contribution in [1.29, 1.82) is 0 Å². The van der Waals surface area contributed by atoms with Gasteiger partial charge in [0, 0.05) is 31.7 Å². The zero-order chi connectivity index (χ0) is 14.4. The lowest BCUT2D eigenvalue weighted by atomic mass is 10.1. The average molecular weight is 315 g/mol. The van der Waals surface area contributed by atoms with Crippen molar-refractivity contribution in [3.8, 4) is 11.5 Å². The minimum Gasteiger partial charge on any atom is -0.490 e. The van der Waals surface area contributed by atoms with Crippen LogP contribution in [0.3, 0.4) is 0 Å². The molecule has 1 amide bonds. The van der Waals surface area contributed by atoms with Gasteiger partial charge in [-0.1, -0.05) is 0 Å². The van der Waals surface area contributed by atoms with Crippen molar-refractivity contribution in [2.75, 3.05) is 39.4 Å². The third-order valence-corrected chi connectivity index (χ3v) is 3.19. The summed E-state index contributed by atoms with van der Waals surface area (Å²) in [5.41, 5.74) is 0.652. The van der Waals surface area contributed by atoms with Crippen molar-refractivity contribution in [3.63, 3.8) is 0 Å². The number of benzene rings is 1. The minimum atomic E-state index is 0. The fourth-order valence-electron chi connectivity index (χ4n) is 2.23. The first-order valence-electron chi connectivity index (χ1n) is 7.16. The van der Waals surface area contributed by atoms with Crippen LogP contribution < -0.4 is 14.8 Å². The normalized spacial score (nSPS) is 14.3. The van der Waals surface area contributed by atoms with Crippen molar-refractivity contribution < 1.29 is 14.3 Å². The van der Waals surface area contributed by atoms with E-state index in [0.29, 0.717) is 30.3 Å². The number of ether oxygens (including phenoxy) is 2. The van der Waals surface area contributed by atoms with E-state index in [4.69, 9.17) is 9.47 Å². The van der Waals surface area contributed by atoms with Crippen molar-refractivity contribution in [2.45, 2.75) is 13.8 Å². The molecule has 0 atom stereocenters. The highest BCUT2D eigenvalue weighted by Crippen LogP contribution is 2.29. The monoisotopic (exact) mass is 314 g/mol. The van der Waals surface area contributed by atoms with E-state index in [1.807, 2.05) is 24.8 Å². The number of nitrogens with one attached hydrogen (secondary N) is 1. The first kappa shape index (κ1) is 17.6. The smallest absolute Gasteiger partial charge is 0.254 e. The van der Waals surface area contributed by atoms with E-state index in [1.165, 1.54) is 0 Å². The lowest BCUT2D eigenvalue weighted by Crippen LogP contribution is -2.46. The molecule has 1 fully saturated rings. The van der Waals surface area contributed by atoms with E-state index in [0.717, 1.165) is 26.2 Å². The number of nitrogens with zero attached hydrogens (tertiary/aromatic N) is 1. The maximum atomic E-state index is 12.4. The summed E-state index contributed by atoms with van der Waals surface area (Å²) >= 11 is 0. The second kappa shape index (κ2) is 8.74. The molecule has 1 N–H and O–H groups in total. The fraction of sp³-hybridized carbons (Fsp3) is 0.533. The maximum absolute atomic E-state index is 12.4. The second-order valence-corrected chi connectivity index (χ2v) is 4.57. The predicted molar refractivity (Wildman–Crippen MR) is 84.8 cm³/mol. The van der Waals surface area contributed by atoms with Crippen LogP contribution in [-0.4, -0.2) is 50.2 Å². The SMILES string of the molecule is CCOc1ccc(C(=O)N2CCNCC2)cc1OCC.Cl. The van der Waals surface area contributed by atoms with Crippen LogP contribution in [0.15, 0.2) is 18.2 Å². The van der Waals surface area contributed by atoms with Crippen molar-refractivity contribution in [3.05, 3.63) is 23.8 Å². The van der Waals surface area contributed by atoms with Crippen LogP contribution in [0.2, 0.25) is 0 Å². The van der Waals surface area contributed by atoms with E-state index in [1.54, 1.807) is 12.1 Å². The van der Waals surface area contributed by atoms with Crippen LogP contribution in [0.5, 0.6) is 11.5 Å². The van der Waals surface area contributed by atoms with Gasteiger partial charge in [-0.05, 0) is 32.0 Å². The number of carbonyl (C=O) groups is 1. The highest BCUT2D eigenvalue weighted by atomic mass is 35.5. The highest BCUT2D eigenvalue weighted by Gasteiger charge is 2.19. The molecule has 1 heterocycles. The molecular weight excluding hydrogens is 292 g/mol. The van der Waals surface area contributed by atoms with Gasteiger partial charge in [-0.2, -0.15) is 0 Å². The van der Waals surface area contributed by atoms with Gasteiger partial charge in [0.05, 0.1) is 13.2 Å². The molecule has 2 rings (SSSR count). The molecule has 21 heavy (non-hydrogen) atoms. The fourth-order valence-corrected chi connectivity index (χ4v) is 2.23. The summed E-state index contributed by atoms with van der Waals surface area (Å²) in [4.78, 5) is 14.3. The molecule has 0 radical (unpaired) electrons. The van der Waals surface area contributed by atoms with Crippen LogP contribution in [0.4, 0.5) is 0 Å². The van der Waals surface area contributed by atoms with Crippen LogP contribution >= 0.6 is 12.4 Å². The molecule has 0 aliphatic carbocycles. The average Bonchev–Trinajstić information content (AvgIpc) is 2.50. The quantitative estimate of drug-likeness (QED) is 0.902. The number of carbonyl (C=O) groups excluding carboxylic acids is 1. The summed E-state index contributed by atoms with van der Waals surface area (Å²) in [5.74, 6) is 1.37. The standard InChI is InChI=1S/C15H22N2O3.ClH/c1-3-19-13-6-5-12(11-14(13)20-4-2)15(18)17-9-7-16-8-10-17;/h5-6,11,16H,3-4,7-10H2,1-2H3;1H. The molecule has 1 aromatic rings. The van der Waals surface area contributed by atoms with Crippen LogP contribution in [0.25, 0.3) is 0 Å². The Balaban J connectivity index is 0.00000220. The molecule has 0 bridgehead atoms. The molecule has 0 unspecified atom stereocenters. The number of amides is 1. The molecule has 1 aliphatic rings. The van der Waals surface area contributed by atoms with E-state index in [2.05, 4.69) is 5.32 Å². The summed E-state index contributed by atoms with van der Waals surface area (Å²) in [6, 6.07) is 5.39. The highest BCUT2D eigenvalue weighted by molar-refractivity contribution is 5.95. The summed E-state index contributed by atoms with van der Waals surface area (Å²) in [5, 5.41) is 3.24. The van der Waals surface area contributed by atoms with Crippen LogP contribution in [-0.2, 0) is 0 Å². The van der Waals surface area contributed by atoms with Gasteiger partial charge in [0.2, 0.25) is 0 Å². The molecular formula is C15H23ClN2O3. The Morgan fingerprint density at radius 3 is 2.38 bits per heavy atom. The molecule has 0 spiro atoms. The first-order chi connectivity index (χ1) is 9.76. The number of halogens is 1. The van der Waals surface area contributed by atoms with E-state index in [9.17, 15) is 4.79 Å². The largest absolute Gasteiger partial charge is 0.490 e. The number of hydrogen-bond acceptors (Lipinski definition) is 4. The minimum absolute atomic E-state index is 0. The number of hydrogen-bond donors (Lipinski definition) is 1. The Bertz CT molecular complexity index is 462. The van der Waals surface area contributed by atoms with Crippen LogP contribution in [0.1, 0.15) is 24.2 Å². The van der Waals surface area contributed by atoms with Gasteiger partial charge in [-0.15, -0.1) is 12.4 Å². The van der Waals surface area contributed by atoms with Gasteiger partial charge in [-0.25, -0.2) is 0 Å². The molecule has 0 saturated carbocycles. The molecule has 0 aromatic heterocycles. The van der Waals surface area contributed by atoms with Gasteiger partial charge in [0.25, 0.3) is 5.91 Å². The Hall–Kier alpha value is -1.46. The molecule has 1 aliphatic heterocycles. The second-order valence-electron chi connectivity index (χ2n) is 4.57. The van der Waals surface area contributed by atoms with E-state index >= 15 is 0 Å². The molecule has 5 nitrogen and oxygen atoms in total. The van der Waals surface area contributed by atoms with E-state index in [-0.39, 0.29) is 18.3 Å². The Kier molecular flexibility index (Phi) is 7.32. The molecule has 6 heteroatoms. The lowest BCUT2D eigenvalue weighted by molar-refractivity contribution is 0.0735. The van der Waals surface area contributed by atoms with Gasteiger partial charge in [0.15, 0.2) is 11.5 Å². The third-order valence-electron chi connectivity index (χ3n) is 3.19. The zero-order valence-corrected chi connectivity index (χ0v) is 13.4. The lowest BCUT2D eigenvalue weighted by Gasteiger charge is -2.27. The molecule has 118 valence electrons. The Morgan fingerprint density at radius 1 is 1.14 bits per heavy atom. The van der Waals surface area contributed by atoms with Crippen molar-refractivity contribution in [2.24, 2.45) is 0 Å². The third kappa shape index (κ3) is 4.51. The Morgan fingerprint density at radius 2 is 1.76 bits per heavy atom. The van der Waals surface area contributed by atoms with Crippen molar-refractivity contribution in [1.82, 2.24) is 10.2 Å². The topological polar surface area (TPSA) is 50.8 Å². The van der Waals surface area contributed by atoms with E-state index < -0.39 is 0 Å². The molecule has 1 aromatic carbocycles. The summed E-state index contributed by atoms with van der Waals surface area (Å²) in [6.07, 6.45) is 0. The maximum Gasteiger partial charge on any atom is 0.254 e. The summed E-state index contributed by atoms with van der Waals surface area (Å²) in [7, 11) is 0. The van der Waals surface area contributed by atoms with Gasteiger partial charge in [0.1, 0.15) is 0 Å². The Labute approximate surface area is 132 Å². The predicted octanol–water partition coefficient (Wildman–Crippen LogP) is 1.95. The zero-order valence-electron chi connectivity index (χ0n) is 12.6. The number of piperazine rings is 1. The molecule has 1 saturated heterocycles. The van der Waals surface area contributed by atoms with Gasteiger partial charge >= 0.3 is 0 Å².